The summed E-state index contributed by atoms with van der Waals surface area (Å²) in [5, 5.41) is 0. The lowest BCUT2D eigenvalue weighted by atomic mass is 8.77. The van der Waals surface area contributed by atoms with Crippen molar-refractivity contribution in [2.75, 3.05) is 0 Å². The molecule has 0 amide bonds. The fraction of sp³-hybridized carbons (Fsp3) is 1.00. The van der Waals surface area contributed by atoms with Crippen molar-refractivity contribution in [2.24, 2.45) is 0 Å². The van der Waals surface area contributed by atoms with E-state index in [4.69, 9.17) is 7.74 Å². The molecule has 0 aliphatic carbocycles. The minimum atomic E-state index is 0.510. The Morgan fingerprint density at radius 2 is 1.69 bits per heavy atom. The van der Waals surface area contributed by atoms with Crippen molar-refractivity contribution in [1.82, 2.24) is 0 Å². The van der Waals surface area contributed by atoms with Crippen LogP contribution in [-0.2, 0) is 0 Å². The SMILES string of the molecule is [B][B][B]B(C)B(C)[B][B][B][B]CC. The number of hydrogen-bond acceptors (Lipinski definition) is 0. The first-order chi connectivity index (χ1) is 6.22. The van der Waals surface area contributed by atoms with Crippen LogP contribution >= 0.6 is 0 Å². The van der Waals surface area contributed by atoms with Crippen LogP contribution in [0.15, 0.2) is 0 Å². The molecule has 0 N–H and O–H groups in total. The summed E-state index contributed by atoms with van der Waals surface area (Å²) in [4.78, 5) is 0. The smallest absolute Gasteiger partial charge is 0.0541 e. The van der Waals surface area contributed by atoms with E-state index in [1.165, 1.54) is 0 Å². The maximum atomic E-state index is 5.32. The predicted octanol–water partition coefficient (Wildman–Crippen LogP) is -1.29. The molecule has 0 bridgehead atoms. The van der Waals surface area contributed by atoms with Crippen molar-refractivity contribution < 1.29 is 0 Å². The molecular formula is C4H11B9. The van der Waals surface area contributed by atoms with Crippen LogP contribution in [0.3, 0.4) is 0 Å². The second-order valence-corrected chi connectivity index (χ2v) is 3.32. The van der Waals surface area contributed by atoms with Crippen LogP contribution < -0.4 is 0 Å². The summed E-state index contributed by atoms with van der Waals surface area (Å²) in [7, 11) is 17.5. The summed E-state index contributed by atoms with van der Waals surface area (Å²) in [6, 6.07) is 0. The molecule has 0 heterocycles. The average Bonchev–Trinajstić information content (AvgIpc) is 2.12. The quantitative estimate of drug-likeness (QED) is 0.303. The van der Waals surface area contributed by atoms with E-state index in [0.29, 0.717) is 13.0 Å². The molecule has 0 atom stereocenters. The summed E-state index contributed by atoms with van der Waals surface area (Å²) >= 11 is 0. The van der Waals surface area contributed by atoms with Crippen LogP contribution in [0.25, 0.3) is 0 Å². The molecule has 0 aromatic carbocycles. The topological polar surface area (TPSA) is 0 Å². The number of hydrogen-bond donors (Lipinski definition) is 0. The maximum Gasteiger partial charge on any atom is 0.0541 e. The molecule has 0 rings (SSSR count). The Balaban J connectivity index is 3.32. The summed E-state index contributed by atoms with van der Waals surface area (Å²) in [6.45, 7) is 7.55. The molecule has 0 aliphatic heterocycles. The van der Waals surface area contributed by atoms with Crippen molar-refractivity contribution in [1.29, 1.82) is 0 Å². The minimum Gasteiger partial charge on any atom is -0.101 e. The van der Waals surface area contributed by atoms with Gasteiger partial charge in [0.2, 0.25) is 0 Å². The van der Waals surface area contributed by atoms with E-state index in [2.05, 4.69) is 48.9 Å². The third kappa shape index (κ3) is 7.64. The van der Waals surface area contributed by atoms with E-state index in [1.54, 1.807) is 7.06 Å². The van der Waals surface area contributed by atoms with Gasteiger partial charge in [0.15, 0.2) is 0 Å². The van der Waals surface area contributed by atoms with E-state index in [-0.39, 0.29) is 0 Å². The van der Waals surface area contributed by atoms with Gasteiger partial charge in [-0.05, 0) is 0 Å². The molecular weight excluding hydrogens is 145 g/mol. The van der Waals surface area contributed by atoms with Crippen LogP contribution in [0, 0.1) is 0 Å². The van der Waals surface area contributed by atoms with Crippen molar-refractivity contribution in [2.45, 2.75) is 26.9 Å². The van der Waals surface area contributed by atoms with E-state index in [0.717, 1.165) is 6.32 Å². The second-order valence-electron chi connectivity index (χ2n) is 3.32. The van der Waals surface area contributed by atoms with Crippen LogP contribution in [0.4, 0.5) is 0 Å². The molecule has 54 valence electrons. The fourth-order valence-corrected chi connectivity index (χ4v) is 0.980. The Hall–Kier alpha value is 0.584. The Bertz CT molecular complexity index is 108. The van der Waals surface area contributed by atoms with E-state index >= 15 is 0 Å². The monoisotopic (exact) mass is 158 g/mol. The molecule has 9 heteroatoms. The van der Waals surface area contributed by atoms with Gasteiger partial charge in [-0.15, -0.1) is 13.6 Å². The second kappa shape index (κ2) is 9.15. The lowest BCUT2D eigenvalue weighted by molar-refractivity contribution is 1.47. The Labute approximate surface area is 90.4 Å². The zero-order chi connectivity index (χ0) is 10.1. The molecule has 0 spiro atoms. The molecule has 0 saturated carbocycles. The standard InChI is InChI=1S/C4H11B9/c1-4-6-8-9-11-13(3)12(2)10-7-5/h4H2,1-3H3. The lowest BCUT2D eigenvalue weighted by Gasteiger charge is -2.12. The van der Waals surface area contributed by atoms with Crippen molar-refractivity contribution >= 4 is 63.2 Å². The van der Waals surface area contributed by atoms with Crippen molar-refractivity contribution in [3.05, 3.63) is 0 Å². The summed E-state index contributed by atoms with van der Waals surface area (Å²) in [6.07, 6.45) is 1.09. The summed E-state index contributed by atoms with van der Waals surface area (Å²) in [5.41, 5.74) is 0. The highest BCUT2D eigenvalue weighted by Crippen LogP contribution is 1.85. The first-order valence-electron chi connectivity index (χ1n) is 4.94. The van der Waals surface area contributed by atoms with Gasteiger partial charge in [-0.3, -0.25) is 0 Å². The van der Waals surface area contributed by atoms with Crippen LogP contribution in [0.1, 0.15) is 6.92 Å². The third-order valence-corrected chi connectivity index (χ3v) is 2.14. The van der Waals surface area contributed by atoms with Gasteiger partial charge in [0.05, 0.1) is 20.2 Å². The Morgan fingerprint density at radius 3 is 2.23 bits per heavy atom. The van der Waals surface area contributed by atoms with Gasteiger partial charge < -0.3 is 0 Å². The Kier molecular flexibility index (Phi) is 9.56. The van der Waals surface area contributed by atoms with E-state index in [1.807, 2.05) is 7.06 Å². The molecule has 13 heavy (non-hydrogen) atoms. The highest BCUT2D eigenvalue weighted by Gasteiger charge is 2.16. The molecule has 0 aliphatic rings. The highest BCUT2D eigenvalue weighted by atomic mass is 13.3. The number of rotatable bonds is 8. The lowest BCUT2D eigenvalue weighted by Crippen LogP contribution is -2.46. The van der Waals surface area contributed by atoms with Gasteiger partial charge >= 0.3 is 0 Å². The first-order valence-corrected chi connectivity index (χ1v) is 4.94. The molecule has 0 saturated heterocycles. The largest absolute Gasteiger partial charge is 0.101 e. The van der Waals surface area contributed by atoms with Crippen molar-refractivity contribution in [3.8, 4) is 0 Å². The van der Waals surface area contributed by atoms with Crippen LogP contribution in [0.2, 0.25) is 20.0 Å². The molecule has 0 nitrogen and oxygen atoms in total. The van der Waals surface area contributed by atoms with Gasteiger partial charge in [-0.2, -0.15) is 0 Å². The van der Waals surface area contributed by atoms with Gasteiger partial charge in [0, 0.05) is 43.0 Å². The molecule has 0 aromatic heterocycles. The van der Waals surface area contributed by atoms with Gasteiger partial charge in [-0.25, -0.2) is 0 Å². The molecule has 0 fully saturated rings. The first kappa shape index (κ1) is 13.6. The van der Waals surface area contributed by atoms with E-state index in [9.17, 15) is 0 Å². The normalized spacial score (nSPS) is 8.23. The predicted molar refractivity (Wildman–Crippen MR) is 74.0 cm³/mol. The maximum absolute atomic E-state index is 5.32. The van der Waals surface area contributed by atoms with Crippen LogP contribution in [-0.4, -0.2) is 63.2 Å². The van der Waals surface area contributed by atoms with Crippen molar-refractivity contribution in [3.63, 3.8) is 0 Å². The van der Waals surface area contributed by atoms with Gasteiger partial charge in [0.1, 0.15) is 0 Å². The van der Waals surface area contributed by atoms with Crippen LogP contribution in [0.5, 0.6) is 0 Å². The highest BCUT2D eigenvalue weighted by molar-refractivity contribution is 7.75. The van der Waals surface area contributed by atoms with Gasteiger partial charge in [0.25, 0.3) is 0 Å². The Morgan fingerprint density at radius 1 is 1.08 bits per heavy atom. The molecule has 0 unspecified atom stereocenters. The summed E-state index contributed by atoms with van der Waals surface area (Å²) < 4.78 is 0. The third-order valence-electron chi connectivity index (χ3n) is 2.14. The zero-order valence-electron chi connectivity index (χ0n) is 8.90. The molecule has 0 aromatic rings. The fourth-order valence-electron chi connectivity index (χ4n) is 0.980. The average molecular weight is 156 g/mol. The minimum absolute atomic E-state index is 0.510. The summed E-state index contributed by atoms with van der Waals surface area (Å²) in [5.74, 6) is 0. The molecule has 8 radical (unpaired) electrons. The van der Waals surface area contributed by atoms with E-state index < -0.39 is 0 Å². The van der Waals surface area contributed by atoms with Gasteiger partial charge in [-0.1, -0.05) is 13.2 Å². The zero-order valence-corrected chi connectivity index (χ0v) is 8.90.